The van der Waals surface area contributed by atoms with E-state index in [1.54, 1.807) is 0 Å². The molecule has 0 heterocycles. The number of ketones is 1. The van der Waals surface area contributed by atoms with E-state index < -0.39 is 12.2 Å². The van der Waals surface area contributed by atoms with Gasteiger partial charge in [0.2, 0.25) is 0 Å². The summed E-state index contributed by atoms with van der Waals surface area (Å²) in [6.07, 6.45) is -1.80. The molecular weight excluding hydrogens is 158 g/mol. The van der Waals surface area contributed by atoms with Gasteiger partial charge in [0.1, 0.15) is 0 Å². The number of alkyl halides is 1. The molecule has 0 saturated heterocycles. The van der Waals surface area contributed by atoms with Gasteiger partial charge in [-0.25, -0.2) is 4.79 Å². The Hall–Kier alpha value is -0.770. The standard InChI is InChI=1S/C5H8ClNO3/c1-3(4(8)2-6)10-5(7)9/h3H,2H2,1H3,(H2,7,9). The molecule has 0 saturated carbocycles. The van der Waals surface area contributed by atoms with E-state index in [1.807, 2.05) is 0 Å². The van der Waals surface area contributed by atoms with E-state index in [2.05, 4.69) is 10.5 Å². The molecule has 4 nitrogen and oxygen atoms in total. The van der Waals surface area contributed by atoms with Crippen LogP contribution < -0.4 is 5.73 Å². The molecule has 0 aromatic rings. The van der Waals surface area contributed by atoms with Crippen LogP contribution in [0.2, 0.25) is 0 Å². The maximum Gasteiger partial charge on any atom is 0.405 e. The average molecular weight is 166 g/mol. The molecule has 1 unspecified atom stereocenters. The molecule has 1 atom stereocenters. The second-order valence-corrected chi connectivity index (χ2v) is 1.95. The third-order valence-electron chi connectivity index (χ3n) is 0.878. The number of primary amides is 1. The van der Waals surface area contributed by atoms with E-state index in [9.17, 15) is 9.59 Å². The molecule has 0 aliphatic heterocycles. The molecule has 5 heteroatoms. The fourth-order valence-electron chi connectivity index (χ4n) is 0.349. The van der Waals surface area contributed by atoms with Crippen molar-refractivity contribution in [3.05, 3.63) is 0 Å². The predicted molar refractivity (Wildman–Crippen MR) is 35.9 cm³/mol. The van der Waals surface area contributed by atoms with E-state index in [1.165, 1.54) is 6.92 Å². The predicted octanol–water partition coefficient (Wildman–Crippen LogP) is 0.278. The zero-order valence-corrected chi connectivity index (χ0v) is 6.22. The highest BCUT2D eigenvalue weighted by Crippen LogP contribution is 1.93. The Morgan fingerprint density at radius 1 is 1.70 bits per heavy atom. The Bertz CT molecular complexity index is 148. The molecule has 10 heavy (non-hydrogen) atoms. The fourth-order valence-corrected chi connectivity index (χ4v) is 0.566. The Morgan fingerprint density at radius 2 is 2.20 bits per heavy atom. The van der Waals surface area contributed by atoms with Gasteiger partial charge in [-0.05, 0) is 6.92 Å². The number of halogens is 1. The summed E-state index contributed by atoms with van der Waals surface area (Å²) in [5, 5.41) is 0. The topological polar surface area (TPSA) is 69.4 Å². The molecule has 0 radical (unpaired) electrons. The van der Waals surface area contributed by atoms with Crippen LogP contribution in [0.4, 0.5) is 4.79 Å². The Balaban J connectivity index is 3.72. The quantitative estimate of drug-likeness (QED) is 0.611. The van der Waals surface area contributed by atoms with Gasteiger partial charge >= 0.3 is 6.09 Å². The maximum absolute atomic E-state index is 10.6. The van der Waals surface area contributed by atoms with E-state index >= 15 is 0 Å². The van der Waals surface area contributed by atoms with Crippen molar-refractivity contribution in [2.45, 2.75) is 13.0 Å². The summed E-state index contributed by atoms with van der Waals surface area (Å²) in [6.45, 7) is 1.41. The van der Waals surface area contributed by atoms with E-state index in [4.69, 9.17) is 11.6 Å². The van der Waals surface area contributed by atoms with Crippen molar-refractivity contribution in [3.8, 4) is 0 Å². The first-order valence-electron chi connectivity index (χ1n) is 2.62. The minimum atomic E-state index is -0.967. The lowest BCUT2D eigenvalue weighted by molar-refractivity contribution is -0.123. The summed E-state index contributed by atoms with van der Waals surface area (Å²) in [5.41, 5.74) is 4.63. The molecule has 1 amide bonds. The van der Waals surface area contributed by atoms with Crippen molar-refractivity contribution in [1.29, 1.82) is 0 Å². The Labute approximate surface area is 63.3 Å². The highest BCUT2D eigenvalue weighted by molar-refractivity contribution is 6.28. The summed E-state index contributed by atoms with van der Waals surface area (Å²) >= 11 is 5.15. The van der Waals surface area contributed by atoms with E-state index in [0.29, 0.717) is 0 Å². The van der Waals surface area contributed by atoms with Gasteiger partial charge in [-0.2, -0.15) is 0 Å². The van der Waals surface area contributed by atoms with Gasteiger partial charge in [0.25, 0.3) is 0 Å². The van der Waals surface area contributed by atoms with Crippen molar-refractivity contribution in [1.82, 2.24) is 0 Å². The number of ether oxygens (including phenoxy) is 1. The van der Waals surface area contributed by atoms with Crippen LogP contribution in [0.15, 0.2) is 0 Å². The number of carbonyl (C=O) groups excluding carboxylic acids is 2. The fraction of sp³-hybridized carbons (Fsp3) is 0.600. The molecule has 0 fully saturated rings. The van der Waals surface area contributed by atoms with Crippen LogP contribution in [0, 0.1) is 0 Å². The monoisotopic (exact) mass is 165 g/mol. The number of hydrogen-bond donors (Lipinski definition) is 1. The first-order chi connectivity index (χ1) is 4.57. The molecule has 58 valence electrons. The third-order valence-corrected chi connectivity index (χ3v) is 1.14. The van der Waals surface area contributed by atoms with Crippen molar-refractivity contribution in [3.63, 3.8) is 0 Å². The number of amides is 1. The molecule has 0 aliphatic rings. The first-order valence-corrected chi connectivity index (χ1v) is 3.16. The number of Topliss-reactive ketones (excluding diaryl/α,β-unsaturated/α-hetero) is 1. The van der Waals surface area contributed by atoms with Crippen LogP contribution in [0.25, 0.3) is 0 Å². The highest BCUT2D eigenvalue weighted by Gasteiger charge is 2.13. The Kier molecular flexibility index (Phi) is 3.79. The first kappa shape index (κ1) is 9.23. The second kappa shape index (κ2) is 4.11. The summed E-state index contributed by atoms with van der Waals surface area (Å²) in [6, 6.07) is 0. The zero-order chi connectivity index (χ0) is 8.15. The van der Waals surface area contributed by atoms with Gasteiger partial charge in [0.05, 0.1) is 5.88 Å². The number of hydrogen-bond acceptors (Lipinski definition) is 3. The largest absolute Gasteiger partial charge is 0.439 e. The molecular formula is C5H8ClNO3. The van der Waals surface area contributed by atoms with Gasteiger partial charge in [0, 0.05) is 0 Å². The summed E-state index contributed by atoms with van der Waals surface area (Å²) in [5.74, 6) is -0.533. The van der Waals surface area contributed by atoms with E-state index in [0.717, 1.165) is 0 Å². The summed E-state index contributed by atoms with van der Waals surface area (Å²) < 4.78 is 4.31. The molecule has 2 N–H and O–H groups in total. The zero-order valence-electron chi connectivity index (χ0n) is 5.46. The van der Waals surface area contributed by atoms with Crippen LogP contribution in [0.3, 0.4) is 0 Å². The number of carbonyl (C=O) groups is 2. The molecule has 0 rings (SSSR count). The minimum absolute atomic E-state index is 0.172. The van der Waals surface area contributed by atoms with Crippen molar-refractivity contribution < 1.29 is 14.3 Å². The van der Waals surface area contributed by atoms with Crippen molar-refractivity contribution >= 4 is 23.5 Å². The molecule has 0 bridgehead atoms. The SMILES string of the molecule is CC(OC(N)=O)C(=O)CCl. The van der Waals surface area contributed by atoms with Gasteiger partial charge in [0.15, 0.2) is 11.9 Å². The van der Waals surface area contributed by atoms with Crippen LogP contribution in [-0.2, 0) is 9.53 Å². The lowest BCUT2D eigenvalue weighted by atomic mass is 10.3. The van der Waals surface area contributed by atoms with Crippen LogP contribution in [-0.4, -0.2) is 23.9 Å². The molecule has 0 spiro atoms. The van der Waals surface area contributed by atoms with Crippen molar-refractivity contribution in [2.24, 2.45) is 5.73 Å². The molecule has 0 aliphatic carbocycles. The number of rotatable bonds is 3. The average Bonchev–Trinajstić information content (AvgIpc) is 1.85. The third kappa shape index (κ3) is 3.29. The van der Waals surface area contributed by atoms with E-state index in [-0.39, 0.29) is 11.7 Å². The lowest BCUT2D eigenvalue weighted by Gasteiger charge is -2.06. The van der Waals surface area contributed by atoms with Gasteiger partial charge in [-0.1, -0.05) is 0 Å². The summed E-state index contributed by atoms with van der Waals surface area (Å²) in [4.78, 5) is 20.6. The molecule has 0 aromatic heterocycles. The maximum atomic E-state index is 10.6. The second-order valence-electron chi connectivity index (χ2n) is 1.68. The van der Waals surface area contributed by atoms with Gasteiger partial charge in [-0.3, -0.25) is 4.79 Å². The van der Waals surface area contributed by atoms with Crippen LogP contribution in [0.5, 0.6) is 0 Å². The lowest BCUT2D eigenvalue weighted by Crippen LogP contribution is -2.27. The number of nitrogens with two attached hydrogens (primary N) is 1. The Morgan fingerprint density at radius 3 is 2.50 bits per heavy atom. The van der Waals surface area contributed by atoms with Gasteiger partial charge in [-0.15, -0.1) is 11.6 Å². The smallest absolute Gasteiger partial charge is 0.405 e. The van der Waals surface area contributed by atoms with Crippen LogP contribution >= 0.6 is 11.6 Å². The highest BCUT2D eigenvalue weighted by atomic mass is 35.5. The summed E-state index contributed by atoms with van der Waals surface area (Å²) in [7, 11) is 0. The van der Waals surface area contributed by atoms with Crippen molar-refractivity contribution in [2.75, 3.05) is 5.88 Å². The normalized spacial score (nSPS) is 12.2. The van der Waals surface area contributed by atoms with Crippen LogP contribution in [0.1, 0.15) is 6.92 Å². The molecule has 0 aromatic carbocycles. The van der Waals surface area contributed by atoms with Gasteiger partial charge < -0.3 is 10.5 Å². The minimum Gasteiger partial charge on any atom is -0.439 e.